The topological polar surface area (TPSA) is 69.1 Å². The van der Waals surface area contributed by atoms with E-state index >= 15 is 0 Å². The Balaban J connectivity index is 2.57. The van der Waals surface area contributed by atoms with Gasteiger partial charge in [0.15, 0.2) is 5.58 Å². The highest BCUT2D eigenvalue weighted by atomic mass is 16.5. The molecule has 0 atom stereocenters. The minimum absolute atomic E-state index is 0.238. The van der Waals surface area contributed by atoms with E-state index in [9.17, 15) is 4.79 Å². The summed E-state index contributed by atoms with van der Waals surface area (Å²) in [7, 11) is 0. The van der Waals surface area contributed by atoms with Gasteiger partial charge in [0.05, 0.1) is 12.1 Å². The summed E-state index contributed by atoms with van der Waals surface area (Å²) in [6, 6.07) is 3.80. The molecule has 0 saturated carbocycles. The Morgan fingerprint density at radius 3 is 2.87 bits per heavy atom. The Kier molecular flexibility index (Phi) is 2.19. The SMILES string of the molecule is Cc1cc2c(C)noc2cc1CC(N)=O. The maximum atomic E-state index is 10.8. The van der Waals surface area contributed by atoms with Gasteiger partial charge >= 0.3 is 0 Å². The Labute approximate surface area is 87.0 Å². The molecule has 2 N–H and O–H groups in total. The van der Waals surface area contributed by atoms with Crippen molar-refractivity contribution in [1.82, 2.24) is 5.16 Å². The van der Waals surface area contributed by atoms with E-state index in [0.717, 1.165) is 22.2 Å². The lowest BCUT2D eigenvalue weighted by atomic mass is 10.0. The van der Waals surface area contributed by atoms with Crippen molar-refractivity contribution in [2.24, 2.45) is 5.73 Å². The number of benzene rings is 1. The summed E-state index contributed by atoms with van der Waals surface area (Å²) >= 11 is 0. The van der Waals surface area contributed by atoms with E-state index in [2.05, 4.69) is 5.16 Å². The Morgan fingerprint density at radius 1 is 1.47 bits per heavy atom. The summed E-state index contributed by atoms with van der Waals surface area (Å²) in [5.41, 5.74) is 8.65. The van der Waals surface area contributed by atoms with Crippen LogP contribution < -0.4 is 5.73 Å². The second-order valence-corrected chi connectivity index (χ2v) is 3.69. The third kappa shape index (κ3) is 1.70. The zero-order valence-corrected chi connectivity index (χ0v) is 8.70. The molecule has 0 unspecified atom stereocenters. The highest BCUT2D eigenvalue weighted by molar-refractivity contribution is 5.83. The first-order chi connectivity index (χ1) is 7.08. The summed E-state index contributed by atoms with van der Waals surface area (Å²) in [6.07, 6.45) is 0.238. The van der Waals surface area contributed by atoms with Crippen LogP contribution in [-0.4, -0.2) is 11.1 Å². The zero-order valence-electron chi connectivity index (χ0n) is 8.70. The number of carbonyl (C=O) groups is 1. The predicted octanol–water partition coefficient (Wildman–Crippen LogP) is 1.47. The summed E-state index contributed by atoms with van der Waals surface area (Å²) in [5, 5.41) is 4.85. The first kappa shape index (κ1) is 9.71. The minimum Gasteiger partial charge on any atom is -0.369 e. The van der Waals surface area contributed by atoms with Crippen LogP contribution in [0.15, 0.2) is 16.7 Å². The molecule has 1 aromatic heterocycles. The number of carbonyl (C=O) groups excluding carboxylic acids is 1. The van der Waals surface area contributed by atoms with Gasteiger partial charge in [-0.25, -0.2) is 0 Å². The lowest BCUT2D eigenvalue weighted by Gasteiger charge is -2.02. The number of rotatable bonds is 2. The van der Waals surface area contributed by atoms with Gasteiger partial charge < -0.3 is 10.3 Å². The van der Waals surface area contributed by atoms with Gasteiger partial charge in [0.1, 0.15) is 0 Å². The highest BCUT2D eigenvalue weighted by Gasteiger charge is 2.09. The summed E-state index contributed by atoms with van der Waals surface area (Å²) in [4.78, 5) is 10.8. The molecule has 2 aromatic rings. The van der Waals surface area contributed by atoms with E-state index in [0.29, 0.717) is 5.58 Å². The van der Waals surface area contributed by atoms with Gasteiger partial charge in [-0.15, -0.1) is 0 Å². The number of hydrogen-bond donors (Lipinski definition) is 1. The molecule has 0 aliphatic carbocycles. The van der Waals surface area contributed by atoms with Crippen LogP contribution in [0.3, 0.4) is 0 Å². The molecule has 15 heavy (non-hydrogen) atoms. The van der Waals surface area contributed by atoms with Crippen LogP contribution in [0.2, 0.25) is 0 Å². The van der Waals surface area contributed by atoms with Crippen LogP contribution in [-0.2, 0) is 11.2 Å². The van der Waals surface area contributed by atoms with Gasteiger partial charge in [-0.1, -0.05) is 5.16 Å². The Bertz CT molecular complexity index is 529. The number of primary amides is 1. The molecule has 0 fully saturated rings. The van der Waals surface area contributed by atoms with Gasteiger partial charge in [0, 0.05) is 5.39 Å². The molecular weight excluding hydrogens is 192 g/mol. The fraction of sp³-hybridized carbons (Fsp3) is 0.273. The van der Waals surface area contributed by atoms with Gasteiger partial charge in [0.2, 0.25) is 5.91 Å². The maximum absolute atomic E-state index is 10.8. The Morgan fingerprint density at radius 2 is 2.20 bits per heavy atom. The Hall–Kier alpha value is -1.84. The van der Waals surface area contributed by atoms with Crippen molar-refractivity contribution in [2.75, 3.05) is 0 Å². The van der Waals surface area contributed by atoms with E-state index in [1.54, 1.807) is 0 Å². The van der Waals surface area contributed by atoms with Crippen LogP contribution in [0, 0.1) is 13.8 Å². The molecule has 2 rings (SSSR count). The van der Waals surface area contributed by atoms with Crippen molar-refractivity contribution in [1.29, 1.82) is 0 Å². The molecule has 0 spiro atoms. The predicted molar refractivity (Wildman–Crippen MR) is 56.4 cm³/mol. The highest BCUT2D eigenvalue weighted by Crippen LogP contribution is 2.22. The molecule has 4 nitrogen and oxygen atoms in total. The maximum Gasteiger partial charge on any atom is 0.221 e. The first-order valence-electron chi connectivity index (χ1n) is 4.71. The average molecular weight is 204 g/mol. The zero-order chi connectivity index (χ0) is 11.0. The molecule has 0 bridgehead atoms. The van der Waals surface area contributed by atoms with Crippen molar-refractivity contribution < 1.29 is 9.32 Å². The van der Waals surface area contributed by atoms with Crippen LogP contribution in [0.25, 0.3) is 11.0 Å². The fourth-order valence-electron chi connectivity index (χ4n) is 1.63. The van der Waals surface area contributed by atoms with E-state index in [4.69, 9.17) is 10.3 Å². The van der Waals surface area contributed by atoms with Crippen LogP contribution in [0.4, 0.5) is 0 Å². The number of aromatic nitrogens is 1. The van der Waals surface area contributed by atoms with Crippen molar-refractivity contribution in [3.05, 3.63) is 29.0 Å². The van der Waals surface area contributed by atoms with E-state index in [-0.39, 0.29) is 12.3 Å². The van der Waals surface area contributed by atoms with Crippen molar-refractivity contribution in [3.63, 3.8) is 0 Å². The summed E-state index contributed by atoms with van der Waals surface area (Å²) in [5.74, 6) is -0.339. The third-order valence-electron chi connectivity index (χ3n) is 2.47. The van der Waals surface area contributed by atoms with Gasteiger partial charge in [0.25, 0.3) is 0 Å². The van der Waals surface area contributed by atoms with Gasteiger partial charge in [-0.2, -0.15) is 0 Å². The fourth-order valence-corrected chi connectivity index (χ4v) is 1.63. The molecule has 0 radical (unpaired) electrons. The monoisotopic (exact) mass is 204 g/mol. The van der Waals surface area contributed by atoms with Crippen LogP contribution >= 0.6 is 0 Å². The lowest BCUT2D eigenvalue weighted by Crippen LogP contribution is -2.14. The summed E-state index contributed by atoms with van der Waals surface area (Å²) < 4.78 is 5.12. The largest absolute Gasteiger partial charge is 0.369 e. The van der Waals surface area contributed by atoms with Gasteiger partial charge in [-0.05, 0) is 37.1 Å². The quantitative estimate of drug-likeness (QED) is 0.805. The number of hydrogen-bond acceptors (Lipinski definition) is 3. The van der Waals surface area contributed by atoms with Crippen LogP contribution in [0.1, 0.15) is 16.8 Å². The van der Waals surface area contributed by atoms with E-state index < -0.39 is 0 Å². The molecule has 0 aliphatic heterocycles. The third-order valence-corrected chi connectivity index (χ3v) is 2.47. The van der Waals surface area contributed by atoms with Crippen molar-refractivity contribution >= 4 is 16.9 Å². The molecule has 1 aromatic carbocycles. The number of nitrogens with two attached hydrogens (primary N) is 1. The molecule has 0 aliphatic rings. The molecule has 78 valence electrons. The van der Waals surface area contributed by atoms with E-state index in [1.165, 1.54) is 0 Å². The number of aryl methyl sites for hydroxylation is 2. The molecule has 0 saturated heterocycles. The minimum atomic E-state index is -0.339. The first-order valence-corrected chi connectivity index (χ1v) is 4.71. The molecule has 1 amide bonds. The average Bonchev–Trinajstić information content (AvgIpc) is 2.48. The number of fused-ring (bicyclic) bond motifs is 1. The van der Waals surface area contributed by atoms with Crippen LogP contribution in [0.5, 0.6) is 0 Å². The lowest BCUT2D eigenvalue weighted by molar-refractivity contribution is -0.117. The van der Waals surface area contributed by atoms with Gasteiger partial charge in [-0.3, -0.25) is 4.79 Å². The smallest absolute Gasteiger partial charge is 0.221 e. The molecule has 4 heteroatoms. The second-order valence-electron chi connectivity index (χ2n) is 3.69. The normalized spacial score (nSPS) is 10.8. The number of nitrogens with zero attached hydrogens (tertiary/aromatic N) is 1. The van der Waals surface area contributed by atoms with Crippen molar-refractivity contribution in [3.8, 4) is 0 Å². The second kappa shape index (κ2) is 3.38. The molecular formula is C11H12N2O2. The number of amides is 1. The standard InChI is InChI=1S/C11H12N2O2/c1-6-3-9-7(2)13-15-10(9)4-8(6)5-11(12)14/h3-4H,5H2,1-2H3,(H2,12,14). The van der Waals surface area contributed by atoms with E-state index in [1.807, 2.05) is 26.0 Å². The van der Waals surface area contributed by atoms with Crippen molar-refractivity contribution in [2.45, 2.75) is 20.3 Å². The molecule has 1 heterocycles. The summed E-state index contributed by atoms with van der Waals surface area (Å²) in [6.45, 7) is 3.84.